The standard InChI is InChI=1S/C17H16F2N4O/c1-11-5-4-7-13(21-11)16(24)20-10-9-15-22-12-6-2-3-8-14(12)23(15)17(18)19/h2-8,17H,9-10H2,1H3,(H,20,24). The number of para-hydroxylation sites is 2. The number of hydrogen-bond acceptors (Lipinski definition) is 3. The Bertz CT molecular complexity index is 876. The quantitative estimate of drug-likeness (QED) is 0.782. The van der Waals surface area contributed by atoms with Crippen LogP contribution in [0.15, 0.2) is 42.5 Å². The van der Waals surface area contributed by atoms with E-state index in [0.717, 1.165) is 10.3 Å². The number of aryl methyl sites for hydroxylation is 1. The number of rotatable bonds is 5. The molecule has 0 bridgehead atoms. The number of halogens is 2. The summed E-state index contributed by atoms with van der Waals surface area (Å²) < 4.78 is 27.5. The third kappa shape index (κ3) is 3.24. The van der Waals surface area contributed by atoms with Gasteiger partial charge in [-0.2, -0.15) is 8.78 Å². The van der Waals surface area contributed by atoms with Crippen molar-refractivity contribution in [3.05, 3.63) is 59.7 Å². The highest BCUT2D eigenvalue weighted by molar-refractivity contribution is 5.92. The van der Waals surface area contributed by atoms with Gasteiger partial charge in [0, 0.05) is 18.7 Å². The minimum absolute atomic E-state index is 0.199. The molecule has 5 nitrogen and oxygen atoms in total. The summed E-state index contributed by atoms with van der Waals surface area (Å²) in [7, 11) is 0. The van der Waals surface area contributed by atoms with Gasteiger partial charge in [-0.1, -0.05) is 18.2 Å². The second kappa shape index (κ2) is 6.74. The Morgan fingerprint density at radius 3 is 2.71 bits per heavy atom. The molecule has 0 unspecified atom stereocenters. The molecule has 0 radical (unpaired) electrons. The van der Waals surface area contributed by atoms with Crippen LogP contribution in [0.2, 0.25) is 0 Å². The van der Waals surface area contributed by atoms with Crippen LogP contribution in [0.5, 0.6) is 0 Å². The molecule has 0 aliphatic carbocycles. The molecule has 0 spiro atoms. The maximum atomic E-state index is 13.3. The Morgan fingerprint density at radius 2 is 1.96 bits per heavy atom. The first-order valence-corrected chi connectivity index (χ1v) is 7.52. The van der Waals surface area contributed by atoms with Crippen LogP contribution >= 0.6 is 0 Å². The van der Waals surface area contributed by atoms with Crippen molar-refractivity contribution < 1.29 is 13.6 Å². The number of hydrogen-bond donors (Lipinski definition) is 1. The number of carbonyl (C=O) groups excluding carboxylic acids is 1. The van der Waals surface area contributed by atoms with E-state index in [9.17, 15) is 13.6 Å². The molecule has 3 rings (SSSR count). The lowest BCUT2D eigenvalue weighted by atomic mass is 10.3. The summed E-state index contributed by atoms with van der Waals surface area (Å²) in [6, 6.07) is 11.9. The van der Waals surface area contributed by atoms with Crippen molar-refractivity contribution in [1.29, 1.82) is 0 Å². The van der Waals surface area contributed by atoms with E-state index in [-0.39, 0.29) is 24.7 Å². The van der Waals surface area contributed by atoms with E-state index in [4.69, 9.17) is 0 Å². The minimum Gasteiger partial charge on any atom is -0.350 e. The summed E-state index contributed by atoms with van der Waals surface area (Å²) in [6.45, 7) is -0.687. The van der Waals surface area contributed by atoms with Gasteiger partial charge in [0.15, 0.2) is 0 Å². The number of imidazole rings is 1. The second-order valence-corrected chi connectivity index (χ2v) is 5.33. The van der Waals surface area contributed by atoms with Crippen LogP contribution in [-0.4, -0.2) is 27.0 Å². The zero-order chi connectivity index (χ0) is 17.1. The largest absolute Gasteiger partial charge is 0.350 e. The molecule has 1 aromatic carbocycles. The molecule has 0 aliphatic rings. The molecule has 0 fully saturated rings. The monoisotopic (exact) mass is 330 g/mol. The Kier molecular flexibility index (Phi) is 4.50. The van der Waals surface area contributed by atoms with Gasteiger partial charge in [-0.15, -0.1) is 0 Å². The maximum Gasteiger partial charge on any atom is 0.320 e. The van der Waals surface area contributed by atoms with Crippen LogP contribution in [0, 0.1) is 6.92 Å². The number of nitrogens with zero attached hydrogens (tertiary/aromatic N) is 3. The molecule has 1 N–H and O–H groups in total. The molecule has 124 valence electrons. The van der Waals surface area contributed by atoms with Gasteiger partial charge < -0.3 is 5.32 Å². The van der Waals surface area contributed by atoms with Crippen molar-refractivity contribution in [2.45, 2.75) is 19.9 Å². The van der Waals surface area contributed by atoms with E-state index in [1.807, 2.05) is 0 Å². The predicted octanol–water partition coefficient (Wildman–Crippen LogP) is 3.11. The summed E-state index contributed by atoms with van der Waals surface area (Å²) in [5.74, 6) is -0.0953. The van der Waals surface area contributed by atoms with Crippen molar-refractivity contribution in [2.24, 2.45) is 0 Å². The van der Waals surface area contributed by atoms with Crippen molar-refractivity contribution in [3.63, 3.8) is 0 Å². The van der Waals surface area contributed by atoms with Crippen LogP contribution in [0.4, 0.5) is 8.78 Å². The van der Waals surface area contributed by atoms with Gasteiger partial charge in [-0.3, -0.25) is 9.36 Å². The zero-order valence-corrected chi connectivity index (χ0v) is 13.0. The van der Waals surface area contributed by atoms with Gasteiger partial charge in [0.25, 0.3) is 5.91 Å². The number of pyridine rings is 1. The lowest BCUT2D eigenvalue weighted by Gasteiger charge is -2.08. The molecule has 2 heterocycles. The smallest absolute Gasteiger partial charge is 0.320 e. The van der Waals surface area contributed by atoms with Gasteiger partial charge in [0.2, 0.25) is 0 Å². The minimum atomic E-state index is -2.68. The van der Waals surface area contributed by atoms with E-state index < -0.39 is 6.55 Å². The number of nitrogens with one attached hydrogen (secondary N) is 1. The van der Waals surface area contributed by atoms with Crippen molar-refractivity contribution in [2.75, 3.05) is 6.54 Å². The predicted molar refractivity (Wildman–Crippen MR) is 86.0 cm³/mol. The molecular formula is C17H16F2N4O. The highest BCUT2D eigenvalue weighted by atomic mass is 19.3. The molecule has 24 heavy (non-hydrogen) atoms. The summed E-state index contributed by atoms with van der Waals surface area (Å²) in [5, 5.41) is 2.69. The fourth-order valence-corrected chi connectivity index (χ4v) is 2.54. The van der Waals surface area contributed by atoms with Gasteiger partial charge in [-0.25, -0.2) is 9.97 Å². The summed E-state index contributed by atoms with van der Waals surface area (Å²) in [5.41, 5.74) is 1.94. The second-order valence-electron chi connectivity index (χ2n) is 5.33. The van der Waals surface area contributed by atoms with Crippen molar-refractivity contribution in [1.82, 2.24) is 19.9 Å². The first-order valence-electron chi connectivity index (χ1n) is 7.52. The Hall–Kier alpha value is -2.83. The maximum absolute atomic E-state index is 13.3. The van der Waals surface area contributed by atoms with Crippen molar-refractivity contribution >= 4 is 16.9 Å². The topological polar surface area (TPSA) is 59.8 Å². The van der Waals surface area contributed by atoms with Gasteiger partial charge in [0.1, 0.15) is 11.5 Å². The van der Waals surface area contributed by atoms with Gasteiger partial charge in [-0.05, 0) is 31.2 Å². The third-order valence-corrected chi connectivity index (χ3v) is 3.62. The van der Waals surface area contributed by atoms with Crippen LogP contribution < -0.4 is 5.32 Å². The average Bonchev–Trinajstić information content (AvgIpc) is 2.93. The SMILES string of the molecule is Cc1cccc(C(=O)NCCc2nc3ccccc3n2C(F)F)n1. The van der Waals surface area contributed by atoms with Crippen LogP contribution in [0.25, 0.3) is 11.0 Å². The molecule has 0 saturated carbocycles. The van der Waals surface area contributed by atoms with Gasteiger partial charge in [0.05, 0.1) is 11.0 Å². The summed E-state index contributed by atoms with van der Waals surface area (Å²) in [4.78, 5) is 20.4. The molecule has 0 aliphatic heterocycles. The Morgan fingerprint density at radius 1 is 1.17 bits per heavy atom. The van der Waals surface area contributed by atoms with Crippen LogP contribution in [0.1, 0.15) is 28.6 Å². The van der Waals surface area contributed by atoms with E-state index in [1.165, 1.54) is 0 Å². The molecule has 1 amide bonds. The number of benzene rings is 1. The molecule has 7 heteroatoms. The molecule has 0 saturated heterocycles. The number of aromatic nitrogens is 3. The normalized spacial score (nSPS) is 11.2. The fraction of sp³-hybridized carbons (Fsp3) is 0.235. The zero-order valence-electron chi connectivity index (χ0n) is 13.0. The first kappa shape index (κ1) is 16.0. The number of fused-ring (bicyclic) bond motifs is 1. The fourth-order valence-electron chi connectivity index (χ4n) is 2.54. The molecule has 0 atom stereocenters. The van der Waals surface area contributed by atoms with Crippen LogP contribution in [0.3, 0.4) is 0 Å². The highest BCUT2D eigenvalue weighted by Crippen LogP contribution is 2.23. The summed E-state index contributed by atoms with van der Waals surface area (Å²) >= 11 is 0. The van der Waals surface area contributed by atoms with E-state index in [2.05, 4.69) is 15.3 Å². The van der Waals surface area contributed by atoms with E-state index >= 15 is 0 Å². The van der Waals surface area contributed by atoms with Crippen molar-refractivity contribution in [3.8, 4) is 0 Å². The Balaban J connectivity index is 1.72. The lowest BCUT2D eigenvalue weighted by Crippen LogP contribution is -2.27. The van der Waals surface area contributed by atoms with Crippen LogP contribution in [-0.2, 0) is 6.42 Å². The first-order chi connectivity index (χ1) is 11.6. The molecule has 3 aromatic rings. The van der Waals surface area contributed by atoms with E-state index in [1.54, 1.807) is 49.4 Å². The third-order valence-electron chi connectivity index (χ3n) is 3.62. The molecular weight excluding hydrogens is 314 g/mol. The lowest BCUT2D eigenvalue weighted by molar-refractivity contribution is 0.0715. The highest BCUT2D eigenvalue weighted by Gasteiger charge is 2.17. The average molecular weight is 330 g/mol. The number of alkyl halides is 2. The number of amides is 1. The summed E-state index contributed by atoms with van der Waals surface area (Å²) in [6.07, 6.45) is 0.205. The number of carbonyl (C=O) groups is 1. The van der Waals surface area contributed by atoms with E-state index in [0.29, 0.717) is 16.7 Å². The molecule has 2 aromatic heterocycles. The Labute approximate surface area is 137 Å². The van der Waals surface area contributed by atoms with Gasteiger partial charge >= 0.3 is 6.55 Å².